The lowest BCUT2D eigenvalue weighted by Gasteiger charge is -2.22. The highest BCUT2D eigenvalue weighted by atomic mass is 16.2. The van der Waals surface area contributed by atoms with Crippen LogP contribution in [0.4, 0.5) is 4.79 Å². The van der Waals surface area contributed by atoms with Gasteiger partial charge in [0, 0.05) is 19.0 Å². The van der Waals surface area contributed by atoms with E-state index in [1.165, 1.54) is 10.5 Å². The molecular weight excluding hydrogens is 324 g/mol. The van der Waals surface area contributed by atoms with Gasteiger partial charge in [-0.2, -0.15) is 0 Å². The predicted octanol–water partition coefficient (Wildman–Crippen LogP) is 3.90. The van der Waals surface area contributed by atoms with E-state index in [-0.39, 0.29) is 18.0 Å². The van der Waals surface area contributed by atoms with Crippen LogP contribution in [0.2, 0.25) is 0 Å². The predicted molar refractivity (Wildman–Crippen MR) is 103 cm³/mol. The maximum absolute atomic E-state index is 13.0. The summed E-state index contributed by atoms with van der Waals surface area (Å²) in [7, 11) is 0. The molecule has 1 saturated heterocycles. The minimum Gasteiger partial charge on any atom is -0.312 e. The Bertz CT molecular complexity index is 745. The molecule has 0 radical (unpaired) electrons. The maximum atomic E-state index is 13.0. The van der Waals surface area contributed by atoms with Crippen molar-refractivity contribution in [1.82, 2.24) is 9.80 Å². The van der Waals surface area contributed by atoms with Gasteiger partial charge in [0.2, 0.25) is 0 Å². The van der Waals surface area contributed by atoms with E-state index in [2.05, 4.69) is 12.1 Å². The van der Waals surface area contributed by atoms with Gasteiger partial charge in [0.25, 0.3) is 5.91 Å². The Labute approximate surface area is 155 Å². The SMILES string of the molecule is CCN1C(=O)N(C(C)CCc2ccccc2)C(=O)C1Cc1ccccc1. The molecule has 2 atom stereocenters. The second kappa shape index (κ2) is 8.17. The summed E-state index contributed by atoms with van der Waals surface area (Å²) in [5.74, 6) is -0.0683. The smallest absolute Gasteiger partial charge is 0.312 e. The van der Waals surface area contributed by atoms with Crippen molar-refractivity contribution in [3.8, 4) is 0 Å². The van der Waals surface area contributed by atoms with E-state index in [0.717, 1.165) is 18.4 Å². The molecule has 0 aliphatic carbocycles. The van der Waals surface area contributed by atoms with Crippen LogP contribution in [0.15, 0.2) is 60.7 Å². The molecule has 2 aromatic carbocycles. The highest BCUT2D eigenvalue weighted by Gasteiger charge is 2.45. The van der Waals surface area contributed by atoms with E-state index in [1.54, 1.807) is 4.90 Å². The Kier molecular flexibility index (Phi) is 5.71. The van der Waals surface area contributed by atoms with Gasteiger partial charge in [-0.25, -0.2) is 4.79 Å². The van der Waals surface area contributed by atoms with Gasteiger partial charge in [0.05, 0.1) is 0 Å². The highest BCUT2D eigenvalue weighted by molar-refractivity contribution is 6.04. The lowest BCUT2D eigenvalue weighted by Crippen LogP contribution is -2.40. The monoisotopic (exact) mass is 350 g/mol. The molecule has 1 aliphatic rings. The molecule has 4 nitrogen and oxygen atoms in total. The molecule has 2 aromatic rings. The van der Waals surface area contributed by atoms with Gasteiger partial charge in [-0.05, 0) is 37.8 Å². The van der Waals surface area contributed by atoms with Crippen molar-refractivity contribution < 1.29 is 9.59 Å². The number of benzene rings is 2. The van der Waals surface area contributed by atoms with Crippen molar-refractivity contribution in [3.05, 3.63) is 71.8 Å². The van der Waals surface area contributed by atoms with Crippen LogP contribution in [0, 0.1) is 0 Å². The molecule has 0 bridgehead atoms. The Hall–Kier alpha value is -2.62. The number of imide groups is 1. The Morgan fingerprint density at radius 1 is 0.923 bits per heavy atom. The summed E-state index contributed by atoms with van der Waals surface area (Å²) < 4.78 is 0. The molecule has 3 rings (SSSR count). The molecule has 1 heterocycles. The zero-order valence-electron chi connectivity index (χ0n) is 15.5. The van der Waals surface area contributed by atoms with E-state index in [4.69, 9.17) is 0 Å². The van der Waals surface area contributed by atoms with E-state index in [0.29, 0.717) is 13.0 Å². The third-order valence-corrected chi connectivity index (χ3v) is 5.10. The number of hydrogen-bond donors (Lipinski definition) is 0. The second-order valence-corrected chi connectivity index (χ2v) is 6.86. The Morgan fingerprint density at radius 2 is 1.50 bits per heavy atom. The normalized spacial score (nSPS) is 18.5. The number of aryl methyl sites for hydroxylation is 1. The van der Waals surface area contributed by atoms with Crippen molar-refractivity contribution in [3.63, 3.8) is 0 Å². The van der Waals surface area contributed by atoms with Crippen molar-refractivity contribution in [2.24, 2.45) is 0 Å². The first-order valence-electron chi connectivity index (χ1n) is 9.33. The van der Waals surface area contributed by atoms with Crippen LogP contribution >= 0.6 is 0 Å². The van der Waals surface area contributed by atoms with Crippen LogP contribution in [0.25, 0.3) is 0 Å². The third-order valence-electron chi connectivity index (χ3n) is 5.10. The topological polar surface area (TPSA) is 40.6 Å². The van der Waals surface area contributed by atoms with Gasteiger partial charge in [-0.1, -0.05) is 60.7 Å². The van der Waals surface area contributed by atoms with E-state index >= 15 is 0 Å². The fraction of sp³-hybridized carbons (Fsp3) is 0.364. The lowest BCUT2D eigenvalue weighted by molar-refractivity contribution is -0.129. The van der Waals surface area contributed by atoms with Crippen LogP contribution < -0.4 is 0 Å². The fourth-order valence-electron chi connectivity index (χ4n) is 3.61. The molecule has 0 aromatic heterocycles. The summed E-state index contributed by atoms with van der Waals surface area (Å²) >= 11 is 0. The summed E-state index contributed by atoms with van der Waals surface area (Å²) in [6.07, 6.45) is 2.20. The quantitative estimate of drug-likeness (QED) is 0.711. The van der Waals surface area contributed by atoms with Crippen molar-refractivity contribution >= 4 is 11.9 Å². The summed E-state index contributed by atoms with van der Waals surface area (Å²) in [5, 5.41) is 0. The number of hydrogen-bond acceptors (Lipinski definition) is 2. The zero-order chi connectivity index (χ0) is 18.5. The van der Waals surface area contributed by atoms with Crippen LogP contribution in [0.1, 0.15) is 31.4 Å². The number of urea groups is 1. The highest BCUT2D eigenvalue weighted by Crippen LogP contribution is 2.24. The minimum absolute atomic E-state index is 0.0683. The Balaban J connectivity index is 1.70. The standard InChI is InChI=1S/C22H26N2O2/c1-3-23-20(16-19-12-8-5-9-13-19)21(25)24(22(23)26)17(2)14-15-18-10-6-4-7-11-18/h4-13,17,20H,3,14-16H2,1-2H3. The fourth-order valence-corrected chi connectivity index (χ4v) is 3.61. The molecule has 4 heteroatoms. The van der Waals surface area contributed by atoms with Gasteiger partial charge in [-0.3, -0.25) is 9.69 Å². The average Bonchev–Trinajstić information content (AvgIpc) is 2.91. The number of nitrogens with zero attached hydrogens (tertiary/aromatic N) is 2. The number of carbonyl (C=O) groups is 2. The summed E-state index contributed by atoms with van der Waals surface area (Å²) in [6.45, 7) is 4.45. The molecule has 0 N–H and O–H groups in total. The van der Waals surface area contributed by atoms with Gasteiger partial charge < -0.3 is 4.90 Å². The van der Waals surface area contributed by atoms with Gasteiger partial charge in [-0.15, -0.1) is 0 Å². The molecule has 1 fully saturated rings. The number of amides is 3. The Morgan fingerprint density at radius 3 is 2.08 bits per heavy atom. The van der Waals surface area contributed by atoms with Crippen molar-refractivity contribution in [2.45, 2.75) is 45.2 Å². The van der Waals surface area contributed by atoms with E-state index in [1.807, 2.05) is 62.4 Å². The van der Waals surface area contributed by atoms with Crippen molar-refractivity contribution in [2.75, 3.05) is 6.54 Å². The summed E-state index contributed by atoms with van der Waals surface area (Å²) in [5.41, 5.74) is 2.31. The molecule has 136 valence electrons. The van der Waals surface area contributed by atoms with Gasteiger partial charge in [0.1, 0.15) is 6.04 Å². The minimum atomic E-state index is -0.394. The molecule has 3 amide bonds. The van der Waals surface area contributed by atoms with Crippen LogP contribution in [-0.2, 0) is 17.6 Å². The van der Waals surface area contributed by atoms with Gasteiger partial charge >= 0.3 is 6.03 Å². The van der Waals surface area contributed by atoms with Crippen LogP contribution in [0.3, 0.4) is 0 Å². The summed E-state index contributed by atoms with van der Waals surface area (Å²) in [6, 6.07) is 19.4. The third kappa shape index (κ3) is 3.79. The maximum Gasteiger partial charge on any atom is 0.327 e. The largest absolute Gasteiger partial charge is 0.327 e. The first-order valence-corrected chi connectivity index (χ1v) is 9.33. The lowest BCUT2D eigenvalue weighted by atomic mass is 10.0. The molecule has 1 aliphatic heterocycles. The number of rotatable bonds is 7. The molecule has 2 unspecified atom stereocenters. The second-order valence-electron chi connectivity index (χ2n) is 6.86. The number of likely N-dealkylation sites (N-methyl/N-ethyl adjacent to an activating group) is 1. The van der Waals surface area contributed by atoms with Gasteiger partial charge in [0.15, 0.2) is 0 Å². The van der Waals surface area contributed by atoms with Crippen LogP contribution in [0.5, 0.6) is 0 Å². The van der Waals surface area contributed by atoms with E-state index in [9.17, 15) is 9.59 Å². The molecule has 0 spiro atoms. The first kappa shape index (κ1) is 18.2. The molecule has 26 heavy (non-hydrogen) atoms. The molecular formula is C22H26N2O2. The van der Waals surface area contributed by atoms with Crippen molar-refractivity contribution in [1.29, 1.82) is 0 Å². The average molecular weight is 350 g/mol. The summed E-state index contributed by atoms with van der Waals surface area (Å²) in [4.78, 5) is 29.0. The van der Waals surface area contributed by atoms with Crippen LogP contribution in [-0.4, -0.2) is 40.4 Å². The molecule has 0 saturated carbocycles. The zero-order valence-corrected chi connectivity index (χ0v) is 15.5. The van der Waals surface area contributed by atoms with E-state index < -0.39 is 6.04 Å². The first-order chi connectivity index (χ1) is 12.6. The number of carbonyl (C=O) groups excluding carboxylic acids is 2.